The first-order valence-corrected chi connectivity index (χ1v) is 7.59. The van der Waals surface area contributed by atoms with Crippen molar-refractivity contribution in [3.8, 4) is 0 Å². The van der Waals surface area contributed by atoms with Crippen molar-refractivity contribution >= 4 is 33.0 Å². The number of sulfonamides is 1. The summed E-state index contributed by atoms with van der Waals surface area (Å²) in [4.78, 5) is 0. The minimum absolute atomic E-state index is 0.190. The van der Waals surface area contributed by atoms with Crippen molar-refractivity contribution in [3.63, 3.8) is 0 Å². The van der Waals surface area contributed by atoms with Crippen LogP contribution in [0.2, 0.25) is 5.02 Å². The molecule has 2 aromatic rings. The van der Waals surface area contributed by atoms with Crippen molar-refractivity contribution in [2.45, 2.75) is 5.75 Å². The highest BCUT2D eigenvalue weighted by molar-refractivity contribution is 7.91. The van der Waals surface area contributed by atoms with Crippen LogP contribution in [0.25, 0.3) is 0 Å². The molecule has 19 heavy (non-hydrogen) atoms. The van der Waals surface area contributed by atoms with Gasteiger partial charge in [-0.2, -0.15) is 0 Å². The molecule has 4 nitrogen and oxygen atoms in total. The topological polar surface area (TPSA) is 72.2 Å². The van der Waals surface area contributed by atoms with Crippen LogP contribution in [0.4, 0.5) is 11.4 Å². The summed E-state index contributed by atoms with van der Waals surface area (Å²) in [6.07, 6.45) is 0. The zero-order valence-corrected chi connectivity index (χ0v) is 11.6. The molecular weight excluding hydrogens is 284 g/mol. The Morgan fingerprint density at radius 2 is 1.68 bits per heavy atom. The van der Waals surface area contributed by atoms with Crippen LogP contribution in [-0.4, -0.2) is 8.42 Å². The molecular formula is C13H13ClN2O2S. The van der Waals surface area contributed by atoms with Gasteiger partial charge < -0.3 is 5.73 Å². The Morgan fingerprint density at radius 1 is 1.05 bits per heavy atom. The zero-order chi connectivity index (χ0) is 13.9. The summed E-state index contributed by atoms with van der Waals surface area (Å²) >= 11 is 5.91. The standard InChI is InChI=1S/C13H13ClN2O2S/c14-11-6-2-4-8-13(11)16-19(17,18)9-10-5-1-3-7-12(10)15/h1-8,16H,9,15H2. The third-order valence-electron chi connectivity index (χ3n) is 2.54. The summed E-state index contributed by atoms with van der Waals surface area (Å²) < 4.78 is 26.5. The first-order valence-electron chi connectivity index (χ1n) is 5.56. The molecule has 0 saturated carbocycles. The maximum atomic E-state index is 12.0. The zero-order valence-electron chi connectivity index (χ0n) is 10.0. The Hall–Kier alpha value is -1.72. The molecule has 0 aliphatic carbocycles. The molecule has 0 atom stereocenters. The minimum atomic E-state index is -3.55. The van der Waals surface area contributed by atoms with Crippen LogP contribution in [-0.2, 0) is 15.8 Å². The highest BCUT2D eigenvalue weighted by atomic mass is 35.5. The van der Waals surface area contributed by atoms with Crippen LogP contribution < -0.4 is 10.5 Å². The van der Waals surface area contributed by atoms with Crippen LogP contribution in [0, 0.1) is 0 Å². The van der Waals surface area contributed by atoms with E-state index in [0.717, 1.165) is 0 Å². The molecule has 6 heteroatoms. The molecule has 0 spiro atoms. The lowest BCUT2D eigenvalue weighted by Gasteiger charge is -2.10. The Balaban J connectivity index is 2.21. The summed E-state index contributed by atoms with van der Waals surface area (Å²) in [6, 6.07) is 13.5. The second-order valence-electron chi connectivity index (χ2n) is 4.04. The van der Waals surface area contributed by atoms with Crippen molar-refractivity contribution in [2.24, 2.45) is 0 Å². The van der Waals surface area contributed by atoms with Gasteiger partial charge in [-0.15, -0.1) is 0 Å². The van der Waals surface area contributed by atoms with Gasteiger partial charge in [-0.05, 0) is 23.8 Å². The van der Waals surface area contributed by atoms with Crippen molar-refractivity contribution in [2.75, 3.05) is 10.5 Å². The van der Waals surface area contributed by atoms with E-state index < -0.39 is 10.0 Å². The van der Waals surface area contributed by atoms with E-state index in [9.17, 15) is 8.42 Å². The maximum Gasteiger partial charge on any atom is 0.237 e. The normalized spacial score (nSPS) is 11.2. The van der Waals surface area contributed by atoms with Gasteiger partial charge >= 0.3 is 0 Å². The second-order valence-corrected chi connectivity index (χ2v) is 6.17. The van der Waals surface area contributed by atoms with E-state index in [1.54, 1.807) is 48.5 Å². The van der Waals surface area contributed by atoms with Crippen molar-refractivity contribution < 1.29 is 8.42 Å². The molecule has 0 aliphatic rings. The summed E-state index contributed by atoms with van der Waals surface area (Å²) in [5.41, 5.74) is 7.10. The average Bonchev–Trinajstić information content (AvgIpc) is 2.35. The summed E-state index contributed by atoms with van der Waals surface area (Å²) in [5.74, 6) is -0.190. The Labute approximate surface area is 117 Å². The fraction of sp³-hybridized carbons (Fsp3) is 0.0769. The third kappa shape index (κ3) is 3.62. The summed E-state index contributed by atoms with van der Waals surface area (Å²) in [7, 11) is -3.55. The van der Waals surface area contributed by atoms with Crippen molar-refractivity contribution in [1.29, 1.82) is 0 Å². The predicted molar refractivity (Wildman–Crippen MR) is 78.6 cm³/mol. The number of benzene rings is 2. The Morgan fingerprint density at radius 3 is 2.37 bits per heavy atom. The van der Waals surface area contributed by atoms with Crippen LogP contribution >= 0.6 is 11.6 Å². The molecule has 0 fully saturated rings. The van der Waals surface area contributed by atoms with Gasteiger partial charge in [0.1, 0.15) is 0 Å². The fourth-order valence-corrected chi connectivity index (χ4v) is 3.11. The number of hydrogen-bond acceptors (Lipinski definition) is 3. The molecule has 0 aromatic heterocycles. The highest BCUT2D eigenvalue weighted by Crippen LogP contribution is 2.23. The van der Waals surface area contributed by atoms with E-state index in [-0.39, 0.29) is 5.75 Å². The van der Waals surface area contributed by atoms with Gasteiger partial charge in [-0.3, -0.25) is 4.72 Å². The lowest BCUT2D eigenvalue weighted by Crippen LogP contribution is -2.16. The number of hydrogen-bond donors (Lipinski definition) is 2. The first kappa shape index (κ1) is 13.7. The monoisotopic (exact) mass is 296 g/mol. The minimum Gasteiger partial charge on any atom is -0.398 e. The number of para-hydroxylation sites is 2. The molecule has 2 rings (SSSR count). The van der Waals surface area contributed by atoms with E-state index in [2.05, 4.69) is 4.72 Å². The molecule has 0 bridgehead atoms. The molecule has 0 radical (unpaired) electrons. The van der Waals surface area contributed by atoms with Gasteiger partial charge in [0, 0.05) is 5.69 Å². The van der Waals surface area contributed by atoms with Gasteiger partial charge in [0.15, 0.2) is 0 Å². The van der Waals surface area contributed by atoms with Crippen molar-refractivity contribution in [1.82, 2.24) is 0 Å². The summed E-state index contributed by atoms with van der Waals surface area (Å²) in [6.45, 7) is 0. The predicted octanol–water partition coefficient (Wildman–Crippen LogP) is 2.86. The van der Waals surface area contributed by atoms with Gasteiger partial charge in [0.05, 0.1) is 16.5 Å². The summed E-state index contributed by atoms with van der Waals surface area (Å²) in [5, 5.41) is 0.354. The van der Waals surface area contributed by atoms with E-state index in [0.29, 0.717) is 22.0 Å². The number of rotatable bonds is 4. The van der Waals surface area contributed by atoms with E-state index in [4.69, 9.17) is 17.3 Å². The number of nitrogens with one attached hydrogen (secondary N) is 1. The average molecular weight is 297 g/mol. The quantitative estimate of drug-likeness (QED) is 0.852. The fourth-order valence-electron chi connectivity index (χ4n) is 1.62. The molecule has 0 heterocycles. The molecule has 100 valence electrons. The maximum absolute atomic E-state index is 12.0. The number of anilines is 2. The number of halogens is 1. The van der Waals surface area contributed by atoms with E-state index >= 15 is 0 Å². The Bertz CT molecular complexity index is 633. The Kier molecular flexibility index (Phi) is 3.97. The van der Waals surface area contributed by atoms with E-state index in [1.807, 2.05) is 0 Å². The molecule has 2 aromatic carbocycles. The van der Waals surface area contributed by atoms with Gasteiger partial charge in [0.25, 0.3) is 0 Å². The van der Waals surface area contributed by atoms with E-state index in [1.165, 1.54) is 0 Å². The molecule has 0 aliphatic heterocycles. The van der Waals surface area contributed by atoms with Gasteiger partial charge in [0.2, 0.25) is 10.0 Å². The smallest absolute Gasteiger partial charge is 0.237 e. The number of nitrogens with two attached hydrogens (primary N) is 1. The lowest BCUT2D eigenvalue weighted by atomic mass is 10.2. The van der Waals surface area contributed by atoms with Crippen molar-refractivity contribution in [3.05, 3.63) is 59.1 Å². The first-order chi connectivity index (χ1) is 8.98. The van der Waals surface area contributed by atoms with Gasteiger partial charge in [-0.1, -0.05) is 41.9 Å². The molecule has 0 amide bonds. The third-order valence-corrected chi connectivity index (χ3v) is 4.09. The van der Waals surface area contributed by atoms with Crippen LogP contribution in [0.15, 0.2) is 48.5 Å². The molecule has 0 saturated heterocycles. The largest absolute Gasteiger partial charge is 0.398 e. The van der Waals surface area contributed by atoms with Crippen LogP contribution in [0.5, 0.6) is 0 Å². The number of nitrogen functional groups attached to an aromatic ring is 1. The SMILES string of the molecule is Nc1ccccc1CS(=O)(=O)Nc1ccccc1Cl. The van der Waals surface area contributed by atoms with Crippen LogP contribution in [0.3, 0.4) is 0 Å². The van der Waals surface area contributed by atoms with Gasteiger partial charge in [-0.25, -0.2) is 8.42 Å². The molecule has 3 N–H and O–H groups in total. The second kappa shape index (κ2) is 5.50. The molecule has 0 unspecified atom stereocenters. The van der Waals surface area contributed by atoms with Crippen LogP contribution in [0.1, 0.15) is 5.56 Å². The highest BCUT2D eigenvalue weighted by Gasteiger charge is 2.14. The lowest BCUT2D eigenvalue weighted by molar-refractivity contribution is 0.600.